The molecule has 4 rings (SSSR count). The minimum absolute atomic E-state index is 0.0606. The van der Waals surface area contributed by atoms with E-state index in [1.807, 2.05) is 35.5 Å². The Hall–Kier alpha value is -3.06. The minimum Gasteiger partial charge on any atom is -0.484 e. The van der Waals surface area contributed by atoms with E-state index in [0.29, 0.717) is 30.4 Å². The van der Waals surface area contributed by atoms with Crippen LogP contribution in [-0.4, -0.2) is 72.2 Å². The van der Waals surface area contributed by atoms with Gasteiger partial charge in [0, 0.05) is 37.7 Å². The summed E-state index contributed by atoms with van der Waals surface area (Å²) in [6, 6.07) is 14.9. The van der Waals surface area contributed by atoms with Gasteiger partial charge in [0.2, 0.25) is 5.91 Å². The molecule has 2 aromatic rings. The highest BCUT2D eigenvalue weighted by Crippen LogP contribution is 2.16. The van der Waals surface area contributed by atoms with E-state index in [0.717, 1.165) is 24.2 Å². The van der Waals surface area contributed by atoms with Crippen molar-refractivity contribution in [2.45, 2.75) is 13.0 Å². The third kappa shape index (κ3) is 5.76. The Morgan fingerprint density at radius 2 is 1.77 bits per heavy atom. The molecule has 0 N–H and O–H groups in total. The van der Waals surface area contributed by atoms with Crippen molar-refractivity contribution in [3.05, 3.63) is 64.7 Å². The van der Waals surface area contributed by atoms with E-state index in [4.69, 9.17) is 16.3 Å². The maximum absolute atomic E-state index is 12.6. The molecule has 2 aromatic carbocycles. The Labute approximate surface area is 186 Å². The largest absolute Gasteiger partial charge is 0.484 e. The first kappa shape index (κ1) is 21.2. The van der Waals surface area contributed by atoms with E-state index in [2.05, 4.69) is 5.10 Å². The lowest BCUT2D eigenvalue weighted by Crippen LogP contribution is -2.52. The Morgan fingerprint density at radius 3 is 2.42 bits per heavy atom. The fourth-order valence-corrected chi connectivity index (χ4v) is 3.47. The molecule has 0 radical (unpaired) electrons. The second kappa shape index (κ2) is 9.83. The summed E-state index contributed by atoms with van der Waals surface area (Å²) in [6.07, 6.45) is 3.07. The molecule has 0 atom stereocenters. The first-order chi connectivity index (χ1) is 15.1. The molecule has 0 aromatic heterocycles. The summed E-state index contributed by atoms with van der Waals surface area (Å²) in [5, 5.41) is 7.05. The molecule has 0 bridgehead atoms. The second-order valence-electron chi connectivity index (χ2n) is 7.67. The van der Waals surface area contributed by atoms with E-state index < -0.39 is 0 Å². The highest BCUT2D eigenvalue weighted by Gasteiger charge is 2.27. The number of piperazine rings is 1. The fraction of sp³-hybridized carbons (Fsp3) is 0.348. The lowest BCUT2D eigenvalue weighted by Gasteiger charge is -2.34. The molecule has 2 amide bonds. The number of carbonyl (C=O) groups is 2. The van der Waals surface area contributed by atoms with Gasteiger partial charge in [-0.05, 0) is 41.8 Å². The molecular formula is C23H25ClN4O3. The highest BCUT2D eigenvalue weighted by atomic mass is 35.5. The Morgan fingerprint density at radius 1 is 1.03 bits per heavy atom. The van der Waals surface area contributed by atoms with Crippen molar-refractivity contribution in [1.29, 1.82) is 0 Å². The zero-order chi connectivity index (χ0) is 21.6. The van der Waals surface area contributed by atoms with Crippen LogP contribution in [0.2, 0.25) is 5.02 Å². The molecule has 2 aliphatic rings. The van der Waals surface area contributed by atoms with Gasteiger partial charge in [-0.3, -0.25) is 14.6 Å². The normalized spacial score (nSPS) is 16.5. The van der Waals surface area contributed by atoms with Crippen LogP contribution in [0.5, 0.6) is 5.75 Å². The van der Waals surface area contributed by atoms with Crippen molar-refractivity contribution in [3.8, 4) is 5.75 Å². The molecule has 7 nitrogen and oxygen atoms in total. The number of carbonyl (C=O) groups excluding carboxylic acids is 2. The number of nitrogens with zero attached hydrogens (tertiary/aromatic N) is 4. The van der Waals surface area contributed by atoms with Gasteiger partial charge in [0.1, 0.15) is 5.75 Å². The van der Waals surface area contributed by atoms with Gasteiger partial charge < -0.3 is 14.5 Å². The number of halogens is 1. The Kier molecular flexibility index (Phi) is 6.72. The van der Waals surface area contributed by atoms with Crippen LogP contribution >= 0.6 is 11.6 Å². The maximum atomic E-state index is 12.6. The third-order valence-corrected chi connectivity index (χ3v) is 5.66. The van der Waals surface area contributed by atoms with Gasteiger partial charge >= 0.3 is 0 Å². The van der Waals surface area contributed by atoms with Crippen LogP contribution in [-0.2, 0) is 16.1 Å². The van der Waals surface area contributed by atoms with E-state index in [1.165, 1.54) is 6.42 Å². The quantitative estimate of drug-likeness (QED) is 0.621. The number of hydrogen-bond acceptors (Lipinski definition) is 5. The van der Waals surface area contributed by atoms with Crippen molar-refractivity contribution < 1.29 is 14.3 Å². The van der Waals surface area contributed by atoms with E-state index in [1.54, 1.807) is 34.1 Å². The molecule has 2 saturated heterocycles. The van der Waals surface area contributed by atoms with Crippen LogP contribution in [0.15, 0.2) is 53.6 Å². The lowest BCUT2D eigenvalue weighted by atomic mass is 10.1. The number of ether oxygens (including phenoxy) is 1. The van der Waals surface area contributed by atoms with Gasteiger partial charge in [0.05, 0.1) is 12.8 Å². The summed E-state index contributed by atoms with van der Waals surface area (Å²) in [5.74, 6) is 0.310. The smallest absolute Gasteiger partial charge is 0.261 e. The highest BCUT2D eigenvalue weighted by molar-refractivity contribution is 6.30. The van der Waals surface area contributed by atoms with Gasteiger partial charge in [-0.1, -0.05) is 35.9 Å². The molecule has 2 aliphatic heterocycles. The zero-order valence-electron chi connectivity index (χ0n) is 17.2. The predicted molar refractivity (Wildman–Crippen MR) is 119 cm³/mol. The number of benzene rings is 2. The van der Waals surface area contributed by atoms with Gasteiger partial charge in [-0.2, -0.15) is 5.10 Å². The Bertz CT molecular complexity index is 942. The number of hydrazone groups is 1. The summed E-state index contributed by atoms with van der Waals surface area (Å²) in [4.78, 5) is 28.3. The molecule has 2 heterocycles. The maximum Gasteiger partial charge on any atom is 0.261 e. The molecule has 162 valence electrons. The van der Waals surface area contributed by atoms with Gasteiger partial charge in [-0.25, -0.2) is 0 Å². The first-order valence-corrected chi connectivity index (χ1v) is 10.8. The van der Waals surface area contributed by atoms with Gasteiger partial charge in [0.15, 0.2) is 6.61 Å². The number of rotatable bonds is 7. The Balaban J connectivity index is 1.24. The zero-order valence-corrected chi connectivity index (χ0v) is 18.0. The monoisotopic (exact) mass is 440 g/mol. The summed E-state index contributed by atoms with van der Waals surface area (Å²) >= 11 is 5.84. The van der Waals surface area contributed by atoms with Crippen LogP contribution in [0, 0.1) is 0 Å². The SMILES string of the molecule is O=C(COc1ccc(Cl)cc1)N1CCN(Cc2ccc(/C=N/N3CCC3)cc2)C(=O)C1. The van der Waals surface area contributed by atoms with Crippen LogP contribution in [0.25, 0.3) is 0 Å². The predicted octanol–water partition coefficient (Wildman–Crippen LogP) is 2.63. The average Bonchev–Trinajstić information content (AvgIpc) is 2.74. The standard InChI is InChI=1S/C23H25ClN4O3/c24-20-6-8-21(9-7-20)31-17-23(30)27-13-12-26(22(29)16-27)15-19-4-2-18(3-5-19)14-25-28-10-1-11-28/h2-9,14H,1,10-13,15-17H2/b25-14+. The molecule has 8 heteroatoms. The molecule has 31 heavy (non-hydrogen) atoms. The van der Waals surface area contributed by atoms with E-state index in [-0.39, 0.29) is 25.0 Å². The van der Waals surface area contributed by atoms with Crippen molar-refractivity contribution in [2.75, 3.05) is 39.3 Å². The molecule has 0 unspecified atom stereocenters. The topological polar surface area (TPSA) is 65.5 Å². The second-order valence-corrected chi connectivity index (χ2v) is 8.10. The van der Waals surface area contributed by atoms with Crippen LogP contribution in [0.4, 0.5) is 0 Å². The molecule has 0 aliphatic carbocycles. The fourth-order valence-electron chi connectivity index (χ4n) is 3.35. The third-order valence-electron chi connectivity index (χ3n) is 5.40. The van der Waals surface area contributed by atoms with Crippen molar-refractivity contribution in [1.82, 2.24) is 14.8 Å². The lowest BCUT2D eigenvalue weighted by molar-refractivity contribution is -0.146. The van der Waals surface area contributed by atoms with E-state index in [9.17, 15) is 9.59 Å². The molecule has 2 fully saturated rings. The van der Waals surface area contributed by atoms with Crippen LogP contribution < -0.4 is 4.74 Å². The van der Waals surface area contributed by atoms with Gasteiger partial charge in [0.25, 0.3) is 5.91 Å². The van der Waals surface area contributed by atoms with Crippen LogP contribution in [0.1, 0.15) is 17.5 Å². The summed E-state index contributed by atoms with van der Waals surface area (Å²) in [6.45, 7) is 3.56. The number of hydrogen-bond donors (Lipinski definition) is 0. The van der Waals surface area contributed by atoms with Crippen molar-refractivity contribution in [3.63, 3.8) is 0 Å². The van der Waals surface area contributed by atoms with E-state index >= 15 is 0 Å². The molecular weight excluding hydrogens is 416 g/mol. The van der Waals surface area contributed by atoms with Gasteiger partial charge in [-0.15, -0.1) is 0 Å². The average molecular weight is 441 g/mol. The minimum atomic E-state index is -0.200. The van der Waals surface area contributed by atoms with Crippen molar-refractivity contribution >= 4 is 29.6 Å². The van der Waals surface area contributed by atoms with Crippen LogP contribution in [0.3, 0.4) is 0 Å². The van der Waals surface area contributed by atoms with Crippen molar-refractivity contribution in [2.24, 2.45) is 5.10 Å². The summed E-state index contributed by atoms with van der Waals surface area (Å²) < 4.78 is 5.50. The molecule has 0 saturated carbocycles. The number of amides is 2. The summed E-state index contributed by atoms with van der Waals surface area (Å²) in [7, 11) is 0. The molecule has 0 spiro atoms. The summed E-state index contributed by atoms with van der Waals surface area (Å²) in [5.41, 5.74) is 2.10. The first-order valence-electron chi connectivity index (χ1n) is 10.4.